The number of rotatable bonds is 8. The summed E-state index contributed by atoms with van der Waals surface area (Å²) >= 11 is 0. The van der Waals surface area contributed by atoms with Crippen molar-refractivity contribution in [2.75, 3.05) is 45.8 Å². The number of aromatic nitrogens is 2. The first-order valence-corrected chi connectivity index (χ1v) is 11.9. The molecule has 1 aromatic heterocycles. The van der Waals surface area contributed by atoms with E-state index in [2.05, 4.69) is 53.2 Å². The highest BCUT2D eigenvalue weighted by molar-refractivity contribution is 5.80. The normalized spacial score (nSPS) is 19.3. The van der Waals surface area contributed by atoms with Crippen LogP contribution < -0.4 is 10.6 Å². The van der Waals surface area contributed by atoms with Crippen LogP contribution in [0.3, 0.4) is 0 Å². The van der Waals surface area contributed by atoms with Crippen LogP contribution in [0.4, 0.5) is 0 Å². The molecule has 0 aromatic carbocycles. The molecule has 2 heterocycles. The Morgan fingerprint density at radius 3 is 2.48 bits per heavy atom. The van der Waals surface area contributed by atoms with Gasteiger partial charge >= 0.3 is 0 Å². The topological polar surface area (TPSA) is 77.8 Å². The first-order valence-electron chi connectivity index (χ1n) is 11.9. The van der Waals surface area contributed by atoms with Gasteiger partial charge in [0.2, 0.25) is 5.91 Å². The largest absolute Gasteiger partial charge is 0.357 e. The fraction of sp³-hybridized carbons (Fsp3) is 0.783. The Bertz CT molecular complexity index is 760. The monoisotopic (exact) mass is 431 g/mol. The van der Waals surface area contributed by atoms with Crippen molar-refractivity contribution in [3.63, 3.8) is 0 Å². The van der Waals surface area contributed by atoms with E-state index < -0.39 is 0 Å². The molecule has 1 saturated carbocycles. The summed E-state index contributed by atoms with van der Waals surface area (Å²) in [5.74, 6) is 1.56. The maximum Gasteiger partial charge on any atom is 0.225 e. The molecule has 8 heteroatoms. The molecule has 1 aromatic rings. The molecule has 1 aliphatic heterocycles. The van der Waals surface area contributed by atoms with E-state index in [4.69, 9.17) is 4.99 Å². The molecule has 1 unspecified atom stereocenters. The molecular formula is C23H41N7O. The average molecular weight is 432 g/mol. The van der Waals surface area contributed by atoms with Crippen LogP contribution in [0.1, 0.15) is 50.1 Å². The van der Waals surface area contributed by atoms with Gasteiger partial charge < -0.3 is 15.5 Å². The zero-order valence-corrected chi connectivity index (χ0v) is 20.1. The minimum atomic E-state index is 0.264. The first-order chi connectivity index (χ1) is 14.9. The van der Waals surface area contributed by atoms with Gasteiger partial charge in [-0.15, -0.1) is 0 Å². The van der Waals surface area contributed by atoms with E-state index in [1.165, 1.54) is 17.7 Å². The molecule has 3 rings (SSSR count). The van der Waals surface area contributed by atoms with Crippen LogP contribution in [0.25, 0.3) is 0 Å². The van der Waals surface area contributed by atoms with Gasteiger partial charge in [-0.25, -0.2) is 0 Å². The third kappa shape index (κ3) is 6.21. The van der Waals surface area contributed by atoms with Gasteiger partial charge in [-0.3, -0.25) is 19.4 Å². The smallest absolute Gasteiger partial charge is 0.225 e. The van der Waals surface area contributed by atoms with E-state index in [-0.39, 0.29) is 6.04 Å². The predicted octanol–water partition coefficient (Wildman–Crippen LogP) is 1.47. The van der Waals surface area contributed by atoms with Gasteiger partial charge in [-0.2, -0.15) is 5.10 Å². The van der Waals surface area contributed by atoms with Crippen LogP contribution in [-0.4, -0.2) is 83.3 Å². The lowest BCUT2D eigenvalue weighted by atomic mass is 9.84. The molecule has 1 amide bonds. The predicted molar refractivity (Wildman–Crippen MR) is 125 cm³/mol. The fourth-order valence-corrected chi connectivity index (χ4v) is 4.43. The molecule has 2 aliphatic rings. The van der Waals surface area contributed by atoms with Crippen molar-refractivity contribution < 1.29 is 4.79 Å². The van der Waals surface area contributed by atoms with Crippen LogP contribution in [-0.2, 0) is 18.3 Å². The number of hydrogen-bond acceptors (Lipinski definition) is 4. The number of amides is 1. The molecule has 0 spiro atoms. The zero-order chi connectivity index (χ0) is 22.4. The molecular weight excluding hydrogens is 390 g/mol. The second kappa shape index (κ2) is 11.0. The van der Waals surface area contributed by atoms with Crippen molar-refractivity contribution in [2.45, 2.75) is 59.4 Å². The molecule has 1 aliphatic carbocycles. The summed E-state index contributed by atoms with van der Waals surface area (Å²) in [5, 5.41) is 11.4. The Morgan fingerprint density at radius 1 is 1.23 bits per heavy atom. The summed E-state index contributed by atoms with van der Waals surface area (Å²) in [7, 11) is 2.00. The molecule has 1 saturated heterocycles. The van der Waals surface area contributed by atoms with Crippen molar-refractivity contribution in [1.82, 2.24) is 30.2 Å². The van der Waals surface area contributed by atoms with Gasteiger partial charge in [0, 0.05) is 64.0 Å². The van der Waals surface area contributed by atoms with Crippen LogP contribution in [0, 0.1) is 19.8 Å². The second-order valence-corrected chi connectivity index (χ2v) is 9.08. The SMILES string of the molecule is CCNC(=NCCN1CCN(C(=O)C2CCC2)CC1)NC(C)Cc1c(C)nn(C)c1C. The van der Waals surface area contributed by atoms with E-state index in [9.17, 15) is 4.79 Å². The highest BCUT2D eigenvalue weighted by atomic mass is 16.2. The van der Waals surface area contributed by atoms with E-state index in [0.717, 1.165) is 76.7 Å². The Balaban J connectivity index is 1.43. The number of carbonyl (C=O) groups excluding carboxylic acids is 1. The molecule has 0 bridgehead atoms. The Morgan fingerprint density at radius 2 is 1.94 bits per heavy atom. The van der Waals surface area contributed by atoms with Crippen molar-refractivity contribution in [2.24, 2.45) is 18.0 Å². The van der Waals surface area contributed by atoms with E-state index in [0.29, 0.717) is 11.8 Å². The van der Waals surface area contributed by atoms with Crippen LogP contribution in [0.5, 0.6) is 0 Å². The number of nitrogens with zero attached hydrogens (tertiary/aromatic N) is 5. The summed E-state index contributed by atoms with van der Waals surface area (Å²) in [5.41, 5.74) is 3.64. The number of piperazine rings is 1. The quantitative estimate of drug-likeness (QED) is 0.481. The minimum absolute atomic E-state index is 0.264. The molecule has 8 nitrogen and oxygen atoms in total. The van der Waals surface area contributed by atoms with Crippen LogP contribution >= 0.6 is 0 Å². The van der Waals surface area contributed by atoms with Gasteiger partial charge in [0.1, 0.15) is 0 Å². The van der Waals surface area contributed by atoms with Crippen molar-refractivity contribution >= 4 is 11.9 Å². The van der Waals surface area contributed by atoms with Crippen LogP contribution in [0.15, 0.2) is 4.99 Å². The van der Waals surface area contributed by atoms with Gasteiger partial charge in [-0.05, 0) is 52.5 Å². The minimum Gasteiger partial charge on any atom is -0.357 e. The summed E-state index contributed by atoms with van der Waals surface area (Å²) in [6.45, 7) is 14.6. The maximum atomic E-state index is 12.4. The standard InChI is InChI=1S/C23H41N7O/c1-6-24-23(26-17(2)16-21-18(3)27-28(5)19(21)4)25-10-11-29-12-14-30(15-13-29)22(31)20-8-7-9-20/h17,20H,6-16H2,1-5H3,(H2,24,25,26). The molecule has 0 radical (unpaired) electrons. The summed E-state index contributed by atoms with van der Waals surface area (Å²) < 4.78 is 1.95. The summed E-state index contributed by atoms with van der Waals surface area (Å²) in [4.78, 5) is 21.7. The Hall–Kier alpha value is -2.09. The number of aliphatic imine (C=N–C) groups is 1. The lowest BCUT2D eigenvalue weighted by Gasteiger charge is -2.38. The fourth-order valence-electron chi connectivity index (χ4n) is 4.43. The highest BCUT2D eigenvalue weighted by Gasteiger charge is 2.31. The summed E-state index contributed by atoms with van der Waals surface area (Å²) in [6, 6.07) is 0.264. The van der Waals surface area contributed by atoms with Gasteiger partial charge in [0.25, 0.3) is 0 Å². The van der Waals surface area contributed by atoms with Crippen molar-refractivity contribution in [3.05, 3.63) is 17.0 Å². The Kier molecular flexibility index (Phi) is 8.35. The highest BCUT2D eigenvalue weighted by Crippen LogP contribution is 2.28. The third-order valence-corrected chi connectivity index (χ3v) is 6.72. The van der Waals surface area contributed by atoms with E-state index in [1.54, 1.807) is 0 Å². The van der Waals surface area contributed by atoms with Gasteiger partial charge in [0.15, 0.2) is 5.96 Å². The number of carbonyl (C=O) groups is 1. The first kappa shape index (κ1) is 23.6. The van der Waals surface area contributed by atoms with Gasteiger partial charge in [-0.1, -0.05) is 6.42 Å². The molecule has 174 valence electrons. The average Bonchev–Trinajstić information content (AvgIpc) is 2.93. The number of aryl methyl sites for hydroxylation is 2. The van der Waals surface area contributed by atoms with Crippen molar-refractivity contribution in [3.8, 4) is 0 Å². The van der Waals surface area contributed by atoms with E-state index in [1.807, 2.05) is 11.7 Å². The molecule has 1 atom stereocenters. The zero-order valence-electron chi connectivity index (χ0n) is 20.1. The third-order valence-electron chi connectivity index (χ3n) is 6.72. The van der Waals surface area contributed by atoms with E-state index >= 15 is 0 Å². The number of hydrogen-bond donors (Lipinski definition) is 2. The van der Waals surface area contributed by atoms with Crippen molar-refractivity contribution in [1.29, 1.82) is 0 Å². The van der Waals surface area contributed by atoms with Gasteiger partial charge in [0.05, 0.1) is 12.2 Å². The molecule has 31 heavy (non-hydrogen) atoms. The lowest BCUT2D eigenvalue weighted by molar-refractivity contribution is -0.139. The second-order valence-electron chi connectivity index (χ2n) is 9.08. The number of guanidine groups is 1. The lowest BCUT2D eigenvalue weighted by Crippen LogP contribution is -2.51. The number of nitrogens with one attached hydrogen (secondary N) is 2. The molecule has 2 N–H and O–H groups in total. The molecule has 2 fully saturated rings. The maximum absolute atomic E-state index is 12.4. The summed E-state index contributed by atoms with van der Waals surface area (Å²) in [6.07, 6.45) is 4.32. The van der Waals surface area contributed by atoms with Crippen LogP contribution in [0.2, 0.25) is 0 Å². The Labute approximate surface area is 187 Å².